The lowest BCUT2D eigenvalue weighted by Crippen LogP contribution is -2.29. The van der Waals surface area contributed by atoms with E-state index in [9.17, 15) is 4.79 Å². The van der Waals surface area contributed by atoms with Crippen LogP contribution in [-0.4, -0.2) is 12.5 Å². The average molecular weight is 193 g/mol. The Hall–Kier alpha value is -1.31. The van der Waals surface area contributed by atoms with E-state index in [2.05, 4.69) is 17.4 Å². The van der Waals surface area contributed by atoms with Crippen LogP contribution >= 0.6 is 0 Å². The van der Waals surface area contributed by atoms with Crippen molar-refractivity contribution in [3.63, 3.8) is 0 Å². The van der Waals surface area contributed by atoms with Crippen molar-refractivity contribution in [1.29, 1.82) is 0 Å². The van der Waals surface area contributed by atoms with Crippen molar-refractivity contribution < 1.29 is 6.22 Å². The smallest absolute Gasteiger partial charge is 0.223 e. The van der Waals surface area contributed by atoms with E-state index in [0.29, 0.717) is 6.54 Å². The molecule has 0 bridgehead atoms. The van der Waals surface area contributed by atoms with Crippen molar-refractivity contribution in [2.24, 2.45) is 5.92 Å². The molecule has 1 aromatic carbocycles. The zero-order chi connectivity index (χ0) is 10.4. The molecular weight excluding hydrogens is 174 g/mol. The molecular formula is C12H19NO. The van der Waals surface area contributed by atoms with Crippen LogP contribution in [0.1, 0.15) is 20.8 Å². The van der Waals surface area contributed by atoms with Crippen LogP contribution in [0.25, 0.3) is 0 Å². The topological polar surface area (TPSA) is 29.1 Å². The lowest BCUT2D eigenvalue weighted by Gasteiger charge is -2.10. The van der Waals surface area contributed by atoms with E-state index in [-0.39, 0.29) is 13.3 Å². The second-order valence-corrected chi connectivity index (χ2v) is 3.49. The zero-order valence-electron chi connectivity index (χ0n) is 8.79. The summed E-state index contributed by atoms with van der Waals surface area (Å²) in [7, 11) is 0. The van der Waals surface area contributed by atoms with E-state index >= 15 is 0 Å². The standard InChI is InChI=1S/C12H17NO.H2/c1-3-13-12(14)10(2)9-11-7-5-4-6-8-11;/h4-8,10H,3,9H2,1-2H3,(H,13,14);1H/t10-;/m0./s1. The summed E-state index contributed by atoms with van der Waals surface area (Å²) in [5.74, 6) is 0.189. The van der Waals surface area contributed by atoms with Crippen molar-refractivity contribution in [2.45, 2.75) is 20.3 Å². The minimum atomic E-state index is 0. The van der Waals surface area contributed by atoms with Crippen LogP contribution in [0.5, 0.6) is 0 Å². The van der Waals surface area contributed by atoms with Crippen LogP contribution in [0.4, 0.5) is 0 Å². The van der Waals surface area contributed by atoms with Crippen molar-refractivity contribution in [2.75, 3.05) is 6.54 Å². The molecule has 1 rings (SSSR count). The third-order valence-electron chi connectivity index (χ3n) is 2.18. The normalized spacial score (nSPS) is 12.1. The van der Waals surface area contributed by atoms with E-state index < -0.39 is 0 Å². The molecule has 0 saturated heterocycles. The first-order valence-electron chi connectivity index (χ1n) is 5.05. The summed E-state index contributed by atoms with van der Waals surface area (Å²) in [5, 5.41) is 2.83. The van der Waals surface area contributed by atoms with Gasteiger partial charge in [0.05, 0.1) is 0 Å². The summed E-state index contributed by atoms with van der Waals surface area (Å²) in [6, 6.07) is 10.1. The van der Waals surface area contributed by atoms with Crippen LogP contribution in [0.2, 0.25) is 0 Å². The van der Waals surface area contributed by atoms with E-state index in [1.54, 1.807) is 0 Å². The number of rotatable bonds is 4. The highest BCUT2D eigenvalue weighted by Crippen LogP contribution is 2.07. The molecule has 0 fully saturated rings. The molecule has 0 unspecified atom stereocenters. The number of carbonyl (C=O) groups excluding carboxylic acids is 1. The highest BCUT2D eigenvalue weighted by Gasteiger charge is 2.11. The van der Waals surface area contributed by atoms with E-state index in [1.807, 2.05) is 32.0 Å². The van der Waals surface area contributed by atoms with Gasteiger partial charge in [-0.15, -0.1) is 0 Å². The Kier molecular flexibility index (Phi) is 4.17. The Morgan fingerprint density at radius 3 is 2.64 bits per heavy atom. The Morgan fingerprint density at radius 2 is 2.07 bits per heavy atom. The third kappa shape index (κ3) is 3.21. The largest absolute Gasteiger partial charge is 0.356 e. The fourth-order valence-electron chi connectivity index (χ4n) is 1.41. The molecule has 0 spiro atoms. The van der Waals surface area contributed by atoms with Crippen molar-refractivity contribution in [1.82, 2.24) is 5.32 Å². The highest BCUT2D eigenvalue weighted by atomic mass is 16.1. The molecule has 0 heterocycles. The Morgan fingerprint density at radius 1 is 1.43 bits per heavy atom. The van der Waals surface area contributed by atoms with Gasteiger partial charge in [-0.2, -0.15) is 0 Å². The molecule has 0 aliphatic rings. The van der Waals surface area contributed by atoms with Crippen molar-refractivity contribution in [3.05, 3.63) is 35.9 Å². The number of benzene rings is 1. The monoisotopic (exact) mass is 193 g/mol. The molecule has 14 heavy (non-hydrogen) atoms. The number of carbonyl (C=O) groups is 1. The Bertz CT molecular complexity index is 287. The first-order chi connectivity index (χ1) is 6.74. The lowest BCUT2D eigenvalue weighted by atomic mass is 10.0. The van der Waals surface area contributed by atoms with Gasteiger partial charge in [0.25, 0.3) is 0 Å². The van der Waals surface area contributed by atoms with Gasteiger partial charge in [0.2, 0.25) is 5.91 Å². The summed E-state index contributed by atoms with van der Waals surface area (Å²) < 4.78 is 0. The quantitative estimate of drug-likeness (QED) is 0.780. The maximum atomic E-state index is 11.4. The number of hydrogen-bond acceptors (Lipinski definition) is 1. The zero-order valence-corrected chi connectivity index (χ0v) is 8.79. The molecule has 0 aliphatic carbocycles. The molecule has 1 amide bonds. The second-order valence-electron chi connectivity index (χ2n) is 3.49. The molecule has 78 valence electrons. The van der Waals surface area contributed by atoms with Gasteiger partial charge in [0.15, 0.2) is 0 Å². The average Bonchev–Trinajstić information content (AvgIpc) is 2.19. The van der Waals surface area contributed by atoms with Gasteiger partial charge in [0.1, 0.15) is 0 Å². The van der Waals surface area contributed by atoms with Crippen LogP contribution in [0.3, 0.4) is 0 Å². The summed E-state index contributed by atoms with van der Waals surface area (Å²) in [5.41, 5.74) is 1.21. The van der Waals surface area contributed by atoms with Crippen LogP contribution in [0, 0.1) is 5.92 Å². The van der Waals surface area contributed by atoms with E-state index in [0.717, 1.165) is 6.42 Å². The molecule has 0 aromatic heterocycles. The minimum absolute atomic E-state index is 0. The van der Waals surface area contributed by atoms with Gasteiger partial charge < -0.3 is 5.32 Å². The van der Waals surface area contributed by atoms with Gasteiger partial charge in [0, 0.05) is 13.9 Å². The van der Waals surface area contributed by atoms with Gasteiger partial charge in [-0.25, -0.2) is 0 Å². The highest BCUT2D eigenvalue weighted by molar-refractivity contribution is 5.78. The summed E-state index contributed by atoms with van der Waals surface area (Å²) in [6.07, 6.45) is 0.812. The van der Waals surface area contributed by atoms with Gasteiger partial charge in [-0.1, -0.05) is 37.3 Å². The molecule has 2 nitrogen and oxygen atoms in total. The predicted octanol–water partition coefficient (Wildman–Crippen LogP) is 2.25. The Labute approximate surface area is 86.8 Å². The number of hydrogen-bond donors (Lipinski definition) is 1. The lowest BCUT2D eigenvalue weighted by molar-refractivity contribution is -0.124. The maximum Gasteiger partial charge on any atom is 0.223 e. The van der Waals surface area contributed by atoms with Crippen LogP contribution < -0.4 is 5.32 Å². The van der Waals surface area contributed by atoms with Gasteiger partial charge >= 0.3 is 0 Å². The van der Waals surface area contributed by atoms with E-state index in [1.165, 1.54) is 5.56 Å². The molecule has 1 N–H and O–H groups in total. The maximum absolute atomic E-state index is 11.4. The number of nitrogens with one attached hydrogen (secondary N) is 1. The van der Waals surface area contributed by atoms with Gasteiger partial charge in [-0.3, -0.25) is 4.79 Å². The summed E-state index contributed by atoms with van der Waals surface area (Å²) >= 11 is 0. The molecule has 0 saturated carbocycles. The molecule has 1 aromatic rings. The van der Waals surface area contributed by atoms with Crippen LogP contribution in [-0.2, 0) is 11.2 Å². The molecule has 1 atom stereocenters. The van der Waals surface area contributed by atoms with Crippen LogP contribution in [0.15, 0.2) is 30.3 Å². The molecule has 0 radical (unpaired) electrons. The van der Waals surface area contributed by atoms with Crippen molar-refractivity contribution in [3.8, 4) is 0 Å². The Balaban J connectivity index is 0.00000196. The van der Waals surface area contributed by atoms with E-state index in [4.69, 9.17) is 0 Å². The first kappa shape index (κ1) is 10.8. The second kappa shape index (κ2) is 5.43. The fraction of sp³-hybridized carbons (Fsp3) is 0.417. The minimum Gasteiger partial charge on any atom is -0.356 e. The molecule has 0 aliphatic heterocycles. The third-order valence-corrected chi connectivity index (χ3v) is 2.18. The first-order valence-corrected chi connectivity index (χ1v) is 5.05. The fourth-order valence-corrected chi connectivity index (χ4v) is 1.41. The summed E-state index contributed by atoms with van der Waals surface area (Å²) in [6.45, 7) is 4.60. The molecule has 2 heteroatoms. The predicted molar refractivity (Wildman–Crippen MR) is 60.1 cm³/mol. The van der Waals surface area contributed by atoms with Crippen molar-refractivity contribution >= 4 is 5.91 Å². The SMILES string of the molecule is CCNC(=O)[C@@H](C)Cc1ccccc1.[HH]. The number of amides is 1. The summed E-state index contributed by atoms with van der Waals surface area (Å²) in [4.78, 5) is 11.4. The van der Waals surface area contributed by atoms with Gasteiger partial charge in [-0.05, 0) is 18.9 Å².